The molecule has 1 aliphatic heterocycles. The largest absolute Gasteiger partial charge is 0.381 e. The Morgan fingerprint density at radius 1 is 1.18 bits per heavy atom. The summed E-state index contributed by atoms with van der Waals surface area (Å²) in [4.78, 5) is 0. The number of nitriles is 1. The molecule has 0 bridgehead atoms. The minimum Gasteiger partial charge on any atom is -0.381 e. The Morgan fingerprint density at radius 2 is 1.88 bits per heavy atom. The maximum absolute atomic E-state index is 9.29. The van der Waals surface area contributed by atoms with E-state index in [1.165, 1.54) is 19.3 Å². The predicted octanol–water partition coefficient (Wildman–Crippen LogP) is 2.62. The first-order valence-corrected chi connectivity index (χ1v) is 6.99. The molecule has 1 saturated heterocycles. The lowest BCUT2D eigenvalue weighted by molar-refractivity contribution is 0.0378. The SMILES string of the molecule is CC1(NC2CCCCCC2C#N)CCOCC1. The quantitative estimate of drug-likeness (QED) is 0.750. The third kappa shape index (κ3) is 3.43. The second kappa shape index (κ2) is 5.84. The number of nitrogens with zero attached hydrogens (tertiary/aromatic N) is 1. The van der Waals surface area contributed by atoms with Gasteiger partial charge in [-0.05, 0) is 32.6 Å². The van der Waals surface area contributed by atoms with Crippen LogP contribution in [-0.4, -0.2) is 24.8 Å². The third-order valence-corrected chi connectivity index (χ3v) is 4.31. The van der Waals surface area contributed by atoms with Gasteiger partial charge in [-0.3, -0.25) is 0 Å². The number of ether oxygens (including phenoxy) is 1. The molecule has 2 aliphatic rings. The molecule has 2 rings (SSSR count). The lowest BCUT2D eigenvalue weighted by atomic mass is 9.87. The van der Waals surface area contributed by atoms with Crippen LogP contribution in [0.25, 0.3) is 0 Å². The summed E-state index contributed by atoms with van der Waals surface area (Å²) in [5.74, 6) is 0.206. The minimum atomic E-state index is 0.183. The van der Waals surface area contributed by atoms with Crippen LogP contribution < -0.4 is 5.32 Å². The van der Waals surface area contributed by atoms with E-state index >= 15 is 0 Å². The predicted molar refractivity (Wildman–Crippen MR) is 67.6 cm³/mol. The van der Waals surface area contributed by atoms with Gasteiger partial charge in [0.25, 0.3) is 0 Å². The summed E-state index contributed by atoms with van der Waals surface area (Å²) >= 11 is 0. The fourth-order valence-corrected chi connectivity index (χ4v) is 3.05. The Bertz CT molecular complexity index is 278. The molecule has 2 atom stereocenters. The van der Waals surface area contributed by atoms with Crippen LogP contribution in [0.3, 0.4) is 0 Å². The van der Waals surface area contributed by atoms with E-state index in [0.717, 1.165) is 38.9 Å². The number of hydrogen-bond acceptors (Lipinski definition) is 3. The van der Waals surface area contributed by atoms with Crippen molar-refractivity contribution in [1.29, 1.82) is 5.26 Å². The number of hydrogen-bond donors (Lipinski definition) is 1. The summed E-state index contributed by atoms with van der Waals surface area (Å²) < 4.78 is 5.43. The molecule has 0 aromatic heterocycles. The summed E-state index contributed by atoms with van der Waals surface area (Å²) in [6.45, 7) is 4.00. The molecule has 0 amide bonds. The van der Waals surface area contributed by atoms with Crippen molar-refractivity contribution < 1.29 is 4.74 Å². The van der Waals surface area contributed by atoms with Crippen molar-refractivity contribution in [1.82, 2.24) is 5.32 Å². The van der Waals surface area contributed by atoms with E-state index in [1.54, 1.807) is 0 Å². The highest BCUT2D eigenvalue weighted by Crippen LogP contribution is 2.28. The highest BCUT2D eigenvalue weighted by atomic mass is 16.5. The standard InChI is InChI=1S/C14H24N2O/c1-14(7-9-17-10-8-14)16-13-6-4-2-3-5-12(13)11-15/h12-13,16H,2-10H2,1H3. The molecule has 1 N–H and O–H groups in total. The maximum Gasteiger partial charge on any atom is 0.0672 e. The molecule has 3 nitrogen and oxygen atoms in total. The van der Waals surface area contributed by atoms with Crippen LogP contribution in [0.2, 0.25) is 0 Å². The zero-order valence-electron chi connectivity index (χ0n) is 10.9. The van der Waals surface area contributed by atoms with Crippen molar-refractivity contribution in [2.24, 2.45) is 5.92 Å². The first-order valence-electron chi connectivity index (χ1n) is 6.99. The topological polar surface area (TPSA) is 45.0 Å². The molecule has 1 heterocycles. The average Bonchev–Trinajstić information content (AvgIpc) is 2.54. The minimum absolute atomic E-state index is 0.183. The highest BCUT2D eigenvalue weighted by molar-refractivity contribution is 4.98. The molecule has 1 saturated carbocycles. The molecule has 2 fully saturated rings. The number of rotatable bonds is 2. The molecule has 0 aromatic carbocycles. The van der Waals surface area contributed by atoms with Gasteiger partial charge < -0.3 is 10.1 Å². The van der Waals surface area contributed by atoms with E-state index in [1.807, 2.05) is 0 Å². The van der Waals surface area contributed by atoms with Gasteiger partial charge in [-0.15, -0.1) is 0 Å². The third-order valence-electron chi connectivity index (χ3n) is 4.31. The van der Waals surface area contributed by atoms with Gasteiger partial charge in [0.2, 0.25) is 0 Å². The van der Waals surface area contributed by atoms with Gasteiger partial charge in [-0.1, -0.05) is 19.3 Å². The molecule has 96 valence electrons. The van der Waals surface area contributed by atoms with Crippen LogP contribution in [0, 0.1) is 17.2 Å². The van der Waals surface area contributed by atoms with Crippen molar-refractivity contribution in [3.8, 4) is 6.07 Å². The average molecular weight is 236 g/mol. The van der Waals surface area contributed by atoms with Gasteiger partial charge in [0.15, 0.2) is 0 Å². The van der Waals surface area contributed by atoms with E-state index < -0.39 is 0 Å². The van der Waals surface area contributed by atoms with Gasteiger partial charge in [0.05, 0.1) is 12.0 Å². The second-order valence-corrected chi connectivity index (χ2v) is 5.80. The Kier molecular flexibility index (Phi) is 4.42. The summed E-state index contributed by atoms with van der Waals surface area (Å²) in [5, 5.41) is 13.1. The summed E-state index contributed by atoms with van der Waals surface area (Å²) in [7, 11) is 0. The molecule has 1 aliphatic carbocycles. The summed E-state index contributed by atoms with van der Waals surface area (Å²) in [6.07, 6.45) is 8.15. The van der Waals surface area contributed by atoms with E-state index in [9.17, 15) is 5.26 Å². The zero-order chi connectivity index (χ0) is 12.1. The van der Waals surface area contributed by atoms with E-state index in [-0.39, 0.29) is 11.5 Å². The van der Waals surface area contributed by atoms with Crippen molar-refractivity contribution in [2.45, 2.75) is 63.5 Å². The summed E-state index contributed by atoms with van der Waals surface area (Å²) in [5.41, 5.74) is 0.183. The van der Waals surface area contributed by atoms with Gasteiger partial charge in [-0.2, -0.15) is 5.26 Å². The Morgan fingerprint density at radius 3 is 2.59 bits per heavy atom. The molecular formula is C14H24N2O. The Hall–Kier alpha value is -0.590. The number of nitrogens with one attached hydrogen (secondary N) is 1. The molecular weight excluding hydrogens is 212 g/mol. The van der Waals surface area contributed by atoms with Crippen LogP contribution in [0.5, 0.6) is 0 Å². The van der Waals surface area contributed by atoms with Gasteiger partial charge in [0.1, 0.15) is 0 Å². The van der Waals surface area contributed by atoms with E-state index in [2.05, 4.69) is 18.3 Å². The van der Waals surface area contributed by atoms with Crippen LogP contribution in [0.4, 0.5) is 0 Å². The van der Waals surface area contributed by atoms with Crippen molar-refractivity contribution in [3.05, 3.63) is 0 Å². The van der Waals surface area contributed by atoms with E-state index in [0.29, 0.717) is 6.04 Å². The van der Waals surface area contributed by atoms with Crippen LogP contribution in [0.15, 0.2) is 0 Å². The van der Waals surface area contributed by atoms with Crippen LogP contribution in [-0.2, 0) is 4.74 Å². The van der Waals surface area contributed by atoms with Crippen molar-refractivity contribution in [3.63, 3.8) is 0 Å². The molecule has 0 radical (unpaired) electrons. The summed E-state index contributed by atoms with van der Waals surface area (Å²) in [6, 6.07) is 2.90. The highest BCUT2D eigenvalue weighted by Gasteiger charge is 2.33. The van der Waals surface area contributed by atoms with Crippen LogP contribution >= 0.6 is 0 Å². The van der Waals surface area contributed by atoms with Gasteiger partial charge >= 0.3 is 0 Å². The molecule has 0 spiro atoms. The monoisotopic (exact) mass is 236 g/mol. The maximum atomic E-state index is 9.29. The van der Waals surface area contributed by atoms with Crippen molar-refractivity contribution >= 4 is 0 Å². The van der Waals surface area contributed by atoms with Crippen molar-refractivity contribution in [2.75, 3.05) is 13.2 Å². The van der Waals surface area contributed by atoms with Gasteiger partial charge in [0, 0.05) is 24.8 Å². The molecule has 0 aromatic rings. The zero-order valence-corrected chi connectivity index (χ0v) is 10.9. The second-order valence-electron chi connectivity index (χ2n) is 5.80. The first-order chi connectivity index (χ1) is 8.23. The lowest BCUT2D eigenvalue weighted by Gasteiger charge is -2.39. The molecule has 17 heavy (non-hydrogen) atoms. The molecule has 3 heteroatoms. The first kappa shape index (κ1) is 12.9. The normalized spacial score (nSPS) is 33.6. The Labute approximate surface area is 105 Å². The van der Waals surface area contributed by atoms with Crippen LogP contribution in [0.1, 0.15) is 51.9 Å². The van der Waals surface area contributed by atoms with Gasteiger partial charge in [-0.25, -0.2) is 0 Å². The fourth-order valence-electron chi connectivity index (χ4n) is 3.05. The smallest absolute Gasteiger partial charge is 0.0672 e. The van der Waals surface area contributed by atoms with E-state index in [4.69, 9.17) is 4.74 Å². The fraction of sp³-hybridized carbons (Fsp3) is 0.929. The Balaban J connectivity index is 1.96. The lowest BCUT2D eigenvalue weighted by Crippen LogP contribution is -2.53. The molecule has 2 unspecified atom stereocenters.